The van der Waals surface area contributed by atoms with Gasteiger partial charge in [0.1, 0.15) is 5.72 Å². The van der Waals surface area contributed by atoms with Gasteiger partial charge in [-0.05, 0) is 23.9 Å². The van der Waals surface area contributed by atoms with E-state index in [9.17, 15) is 4.79 Å². The molecule has 0 aliphatic carbocycles. The summed E-state index contributed by atoms with van der Waals surface area (Å²) < 4.78 is 6.08. The molecule has 4 nitrogen and oxygen atoms in total. The Morgan fingerprint density at radius 1 is 1.04 bits per heavy atom. The zero-order chi connectivity index (χ0) is 15.9. The molecule has 0 aromatic heterocycles. The molecule has 0 N–H and O–H groups in total. The predicted octanol–water partition coefficient (Wildman–Crippen LogP) is 2.73. The molecular formula is C19H22N2O2. The molecule has 1 amide bonds. The fraction of sp³-hybridized carbons (Fsp3) is 0.421. The van der Waals surface area contributed by atoms with Crippen molar-refractivity contribution in [1.29, 1.82) is 0 Å². The van der Waals surface area contributed by atoms with E-state index in [1.165, 1.54) is 0 Å². The highest BCUT2D eigenvalue weighted by Crippen LogP contribution is 2.35. The third-order valence-corrected chi connectivity index (χ3v) is 5.21. The van der Waals surface area contributed by atoms with Crippen molar-refractivity contribution in [3.8, 4) is 0 Å². The van der Waals surface area contributed by atoms with Gasteiger partial charge in [0.15, 0.2) is 0 Å². The third kappa shape index (κ3) is 2.42. The van der Waals surface area contributed by atoms with E-state index >= 15 is 0 Å². The van der Waals surface area contributed by atoms with Crippen LogP contribution in [0.3, 0.4) is 0 Å². The second-order valence-corrected chi connectivity index (χ2v) is 6.58. The molecule has 1 spiro atoms. The number of fused-ring (bicyclic) bond motifs is 1. The fourth-order valence-corrected chi connectivity index (χ4v) is 3.83. The first kappa shape index (κ1) is 14.7. The first-order valence-corrected chi connectivity index (χ1v) is 8.32. The van der Waals surface area contributed by atoms with Gasteiger partial charge >= 0.3 is 0 Å². The Morgan fingerprint density at radius 2 is 1.78 bits per heavy atom. The molecule has 2 heterocycles. The van der Waals surface area contributed by atoms with Crippen molar-refractivity contribution in [2.45, 2.75) is 18.6 Å². The van der Waals surface area contributed by atoms with Crippen molar-refractivity contribution in [2.75, 3.05) is 33.3 Å². The molecular weight excluding hydrogens is 288 g/mol. The quantitative estimate of drug-likeness (QED) is 0.812. The van der Waals surface area contributed by atoms with Crippen LogP contribution in [0.15, 0.2) is 42.5 Å². The van der Waals surface area contributed by atoms with Gasteiger partial charge in [0.2, 0.25) is 0 Å². The lowest BCUT2D eigenvalue weighted by atomic mass is 9.97. The number of amides is 1. The third-order valence-electron chi connectivity index (χ3n) is 5.21. The Hall–Kier alpha value is -1.91. The zero-order valence-corrected chi connectivity index (χ0v) is 13.5. The maximum atomic E-state index is 13.2. The Balaban J connectivity index is 1.70. The maximum absolute atomic E-state index is 13.2. The number of benzene rings is 2. The van der Waals surface area contributed by atoms with E-state index < -0.39 is 5.72 Å². The summed E-state index contributed by atoms with van der Waals surface area (Å²) in [4.78, 5) is 17.5. The Kier molecular flexibility index (Phi) is 3.58. The smallest absolute Gasteiger partial charge is 0.256 e. The van der Waals surface area contributed by atoms with Gasteiger partial charge < -0.3 is 14.5 Å². The SMILES string of the molecule is CN1CCC2(CC1)OCCN2C(=O)c1cccc2ccccc12. The number of nitrogens with zero attached hydrogens (tertiary/aromatic N) is 2. The molecule has 0 bridgehead atoms. The van der Waals surface area contributed by atoms with Crippen LogP contribution in [-0.2, 0) is 4.74 Å². The summed E-state index contributed by atoms with van der Waals surface area (Å²) in [5.74, 6) is 0.101. The van der Waals surface area contributed by atoms with E-state index in [2.05, 4.69) is 24.1 Å². The number of carbonyl (C=O) groups is 1. The van der Waals surface area contributed by atoms with Crippen LogP contribution in [0.2, 0.25) is 0 Å². The molecule has 4 rings (SSSR count). The van der Waals surface area contributed by atoms with Crippen molar-refractivity contribution in [3.63, 3.8) is 0 Å². The van der Waals surface area contributed by atoms with E-state index in [-0.39, 0.29) is 5.91 Å². The second-order valence-electron chi connectivity index (χ2n) is 6.58. The summed E-state index contributed by atoms with van der Waals surface area (Å²) in [5, 5.41) is 2.13. The zero-order valence-electron chi connectivity index (χ0n) is 13.5. The molecule has 2 fully saturated rings. The van der Waals surface area contributed by atoms with Crippen molar-refractivity contribution >= 4 is 16.7 Å². The van der Waals surface area contributed by atoms with Gasteiger partial charge in [-0.3, -0.25) is 4.79 Å². The van der Waals surface area contributed by atoms with Gasteiger partial charge in [0, 0.05) is 38.0 Å². The number of ether oxygens (including phenoxy) is 1. The largest absolute Gasteiger partial charge is 0.354 e. The van der Waals surface area contributed by atoms with Crippen molar-refractivity contribution in [1.82, 2.24) is 9.80 Å². The number of rotatable bonds is 1. The molecule has 0 radical (unpaired) electrons. The van der Waals surface area contributed by atoms with E-state index in [1.54, 1.807) is 0 Å². The minimum atomic E-state index is -0.402. The Bertz CT molecular complexity index is 730. The summed E-state index contributed by atoms with van der Waals surface area (Å²) in [6.07, 6.45) is 1.78. The van der Waals surface area contributed by atoms with Crippen LogP contribution >= 0.6 is 0 Å². The first-order valence-electron chi connectivity index (χ1n) is 8.32. The van der Waals surface area contributed by atoms with Crippen LogP contribution in [0.4, 0.5) is 0 Å². The molecule has 23 heavy (non-hydrogen) atoms. The average Bonchev–Trinajstić information content (AvgIpc) is 3.00. The number of likely N-dealkylation sites (tertiary alicyclic amines) is 1. The monoisotopic (exact) mass is 310 g/mol. The fourth-order valence-electron chi connectivity index (χ4n) is 3.83. The van der Waals surface area contributed by atoms with Crippen LogP contribution < -0.4 is 0 Å². The summed E-state index contributed by atoms with van der Waals surface area (Å²) in [5.41, 5.74) is 0.382. The van der Waals surface area contributed by atoms with Gasteiger partial charge in [-0.25, -0.2) is 0 Å². The summed E-state index contributed by atoms with van der Waals surface area (Å²) >= 11 is 0. The lowest BCUT2D eigenvalue weighted by Gasteiger charge is -2.42. The molecule has 120 valence electrons. The summed E-state index contributed by atoms with van der Waals surface area (Å²) in [6.45, 7) is 3.27. The van der Waals surface area contributed by atoms with Crippen LogP contribution in [0.25, 0.3) is 10.8 Å². The first-order chi connectivity index (χ1) is 11.2. The Morgan fingerprint density at radius 3 is 2.61 bits per heavy atom. The number of carbonyl (C=O) groups excluding carboxylic acids is 1. The van der Waals surface area contributed by atoms with Crippen molar-refractivity contribution < 1.29 is 9.53 Å². The summed E-state index contributed by atoms with van der Waals surface area (Å²) in [7, 11) is 2.12. The molecule has 2 aromatic rings. The topological polar surface area (TPSA) is 32.8 Å². The predicted molar refractivity (Wildman–Crippen MR) is 90.4 cm³/mol. The molecule has 0 atom stereocenters. The van der Waals surface area contributed by atoms with E-state index in [4.69, 9.17) is 4.74 Å². The molecule has 2 aliphatic rings. The van der Waals surface area contributed by atoms with Gasteiger partial charge in [0.25, 0.3) is 5.91 Å². The molecule has 0 saturated carbocycles. The standard InChI is InChI=1S/C19H22N2O2/c1-20-11-9-19(10-12-20)21(13-14-23-19)18(22)17-8-4-6-15-5-2-3-7-16(15)17/h2-8H,9-14H2,1H3. The van der Waals surface area contributed by atoms with Crippen LogP contribution in [0.1, 0.15) is 23.2 Å². The van der Waals surface area contributed by atoms with Gasteiger partial charge in [0.05, 0.1) is 6.61 Å². The highest BCUT2D eigenvalue weighted by Gasteiger charge is 2.46. The van der Waals surface area contributed by atoms with Crippen molar-refractivity contribution in [2.24, 2.45) is 0 Å². The normalized spacial score (nSPS) is 21.2. The lowest BCUT2D eigenvalue weighted by molar-refractivity contribution is -0.102. The van der Waals surface area contributed by atoms with Crippen molar-refractivity contribution in [3.05, 3.63) is 48.0 Å². The van der Waals surface area contributed by atoms with Gasteiger partial charge in [-0.1, -0.05) is 36.4 Å². The molecule has 2 saturated heterocycles. The molecule has 2 aliphatic heterocycles. The van der Waals surface area contributed by atoms with Gasteiger partial charge in [-0.15, -0.1) is 0 Å². The highest BCUT2D eigenvalue weighted by atomic mass is 16.5. The van der Waals surface area contributed by atoms with Crippen LogP contribution in [0.5, 0.6) is 0 Å². The number of hydrogen-bond donors (Lipinski definition) is 0. The van der Waals surface area contributed by atoms with Crippen LogP contribution in [0, 0.1) is 0 Å². The molecule has 4 heteroatoms. The van der Waals surface area contributed by atoms with E-state index in [0.29, 0.717) is 13.2 Å². The minimum Gasteiger partial charge on any atom is -0.354 e. The maximum Gasteiger partial charge on any atom is 0.256 e. The van der Waals surface area contributed by atoms with Crippen LogP contribution in [-0.4, -0.2) is 54.7 Å². The van der Waals surface area contributed by atoms with E-state index in [0.717, 1.165) is 42.3 Å². The minimum absolute atomic E-state index is 0.101. The molecule has 2 aromatic carbocycles. The van der Waals surface area contributed by atoms with E-state index in [1.807, 2.05) is 35.2 Å². The number of hydrogen-bond acceptors (Lipinski definition) is 3. The summed E-state index contributed by atoms with van der Waals surface area (Å²) in [6, 6.07) is 14.0. The lowest BCUT2D eigenvalue weighted by Crippen LogP contribution is -2.54. The van der Waals surface area contributed by atoms with Gasteiger partial charge in [-0.2, -0.15) is 0 Å². The number of piperidine rings is 1. The molecule has 0 unspecified atom stereocenters. The highest BCUT2D eigenvalue weighted by molar-refractivity contribution is 6.07. The second kappa shape index (κ2) is 5.62. The Labute approximate surface area is 136 Å². The average molecular weight is 310 g/mol.